The maximum atomic E-state index is 13.3. The summed E-state index contributed by atoms with van der Waals surface area (Å²) in [6.07, 6.45) is 0. The van der Waals surface area contributed by atoms with Crippen molar-refractivity contribution in [1.82, 2.24) is 0 Å². The molecular formula is C34H20O3S. The first-order valence-electron chi connectivity index (χ1n) is 12.5. The van der Waals surface area contributed by atoms with E-state index in [0.29, 0.717) is 4.90 Å². The van der Waals surface area contributed by atoms with Crippen LogP contribution in [-0.4, -0.2) is 8.42 Å². The first-order valence-corrected chi connectivity index (χ1v) is 14.0. The predicted octanol–water partition coefficient (Wildman–Crippen LogP) is 8.89. The fraction of sp³-hybridized carbons (Fsp3) is 0. The molecule has 0 radical (unpaired) electrons. The van der Waals surface area contributed by atoms with Crippen LogP contribution in [0.25, 0.3) is 66.1 Å². The minimum atomic E-state index is -3.61. The van der Waals surface area contributed by atoms with Crippen LogP contribution in [-0.2, 0) is 9.84 Å². The van der Waals surface area contributed by atoms with Gasteiger partial charge in [0.2, 0.25) is 9.84 Å². The Labute approximate surface area is 219 Å². The molecule has 3 nitrogen and oxygen atoms in total. The summed E-state index contributed by atoms with van der Waals surface area (Å²) in [7, 11) is -3.61. The van der Waals surface area contributed by atoms with Gasteiger partial charge < -0.3 is 4.42 Å². The van der Waals surface area contributed by atoms with E-state index in [4.69, 9.17) is 4.42 Å². The molecule has 1 aromatic heterocycles. The SMILES string of the molecule is O=S(=O)(c1ccccc1)c1ccc(-c2c3c(cc4oc5ccccc5c24)-c2cccc4cccc-3c24)cc1. The number of para-hydroxylation sites is 1. The van der Waals surface area contributed by atoms with Crippen LogP contribution in [0.3, 0.4) is 0 Å². The Balaban J connectivity index is 1.44. The molecule has 4 heteroatoms. The van der Waals surface area contributed by atoms with Crippen LogP contribution in [0.5, 0.6) is 0 Å². The molecule has 0 saturated carbocycles. The minimum Gasteiger partial charge on any atom is -0.456 e. The van der Waals surface area contributed by atoms with E-state index in [1.165, 1.54) is 21.9 Å². The summed E-state index contributed by atoms with van der Waals surface area (Å²) in [5.41, 5.74) is 8.36. The van der Waals surface area contributed by atoms with Crippen molar-refractivity contribution < 1.29 is 12.8 Å². The summed E-state index contributed by atoms with van der Waals surface area (Å²) in [4.78, 5) is 0.567. The van der Waals surface area contributed by atoms with E-state index in [0.717, 1.165) is 44.2 Å². The van der Waals surface area contributed by atoms with Gasteiger partial charge in [0, 0.05) is 16.3 Å². The number of rotatable bonds is 3. The molecule has 0 spiro atoms. The Kier molecular flexibility index (Phi) is 4.32. The van der Waals surface area contributed by atoms with Gasteiger partial charge in [-0.2, -0.15) is 0 Å². The zero-order valence-corrected chi connectivity index (χ0v) is 21.0. The van der Waals surface area contributed by atoms with Gasteiger partial charge in [-0.1, -0.05) is 84.9 Å². The summed E-state index contributed by atoms with van der Waals surface area (Å²) in [6, 6.07) is 39.0. The van der Waals surface area contributed by atoms with E-state index in [2.05, 4.69) is 48.5 Å². The second-order valence-corrected chi connectivity index (χ2v) is 11.6. The highest BCUT2D eigenvalue weighted by molar-refractivity contribution is 7.91. The largest absolute Gasteiger partial charge is 0.456 e. The molecular weight excluding hydrogens is 488 g/mol. The van der Waals surface area contributed by atoms with E-state index in [1.807, 2.05) is 36.4 Å². The first-order chi connectivity index (χ1) is 18.6. The smallest absolute Gasteiger partial charge is 0.206 e. The van der Waals surface area contributed by atoms with Crippen molar-refractivity contribution in [2.24, 2.45) is 0 Å². The Hall–Kier alpha value is -4.67. The maximum Gasteiger partial charge on any atom is 0.206 e. The lowest BCUT2D eigenvalue weighted by molar-refractivity contribution is 0.596. The van der Waals surface area contributed by atoms with E-state index >= 15 is 0 Å². The van der Waals surface area contributed by atoms with Gasteiger partial charge in [-0.05, 0) is 75.0 Å². The van der Waals surface area contributed by atoms with Crippen molar-refractivity contribution in [2.75, 3.05) is 0 Å². The molecule has 0 bridgehead atoms. The van der Waals surface area contributed by atoms with Gasteiger partial charge in [-0.25, -0.2) is 8.42 Å². The molecule has 0 saturated heterocycles. The van der Waals surface area contributed by atoms with Crippen LogP contribution in [0.1, 0.15) is 0 Å². The third-order valence-corrected chi connectivity index (χ3v) is 9.42. The van der Waals surface area contributed by atoms with Gasteiger partial charge in [0.15, 0.2) is 0 Å². The summed E-state index contributed by atoms with van der Waals surface area (Å²) in [5, 5.41) is 4.53. The first kappa shape index (κ1) is 21.4. The van der Waals surface area contributed by atoms with Gasteiger partial charge in [-0.15, -0.1) is 0 Å². The second-order valence-electron chi connectivity index (χ2n) is 9.70. The van der Waals surface area contributed by atoms with E-state index < -0.39 is 9.84 Å². The van der Waals surface area contributed by atoms with Crippen molar-refractivity contribution >= 4 is 42.5 Å². The van der Waals surface area contributed by atoms with Crippen LogP contribution in [0.2, 0.25) is 0 Å². The number of fused-ring (bicyclic) bond motifs is 6. The number of benzene rings is 6. The molecule has 1 aliphatic carbocycles. The topological polar surface area (TPSA) is 47.3 Å². The van der Waals surface area contributed by atoms with Crippen molar-refractivity contribution in [3.63, 3.8) is 0 Å². The number of hydrogen-bond donors (Lipinski definition) is 0. The second kappa shape index (κ2) is 7.67. The molecule has 1 heterocycles. The number of furan rings is 1. The van der Waals surface area contributed by atoms with Gasteiger partial charge in [0.05, 0.1) is 9.79 Å². The van der Waals surface area contributed by atoms with Crippen LogP contribution in [0.4, 0.5) is 0 Å². The number of sulfone groups is 1. The molecule has 1 aliphatic rings. The number of hydrogen-bond acceptors (Lipinski definition) is 3. The summed E-state index contributed by atoms with van der Waals surface area (Å²) in [6.45, 7) is 0. The standard InChI is InChI=1S/C34H20O3S/c35-38(36,23-10-2-1-3-11-23)24-18-16-22(17-19-24)32-33-27-14-7-9-21-8-6-13-25(31(21)27)28(33)20-30-34(32)26-12-4-5-15-29(26)37-30/h1-20H. The van der Waals surface area contributed by atoms with Crippen LogP contribution in [0, 0.1) is 0 Å². The molecule has 7 aromatic rings. The maximum absolute atomic E-state index is 13.3. The third kappa shape index (κ3) is 2.86. The lowest BCUT2D eigenvalue weighted by atomic mass is 9.89. The fourth-order valence-electron chi connectivity index (χ4n) is 5.98. The molecule has 8 rings (SSSR count). The Morgan fingerprint density at radius 1 is 0.500 bits per heavy atom. The molecule has 0 atom stereocenters. The molecule has 0 aliphatic heterocycles. The van der Waals surface area contributed by atoms with Crippen LogP contribution in [0.15, 0.2) is 136 Å². The lowest BCUT2D eigenvalue weighted by Gasteiger charge is -2.14. The normalized spacial score (nSPS) is 12.4. The minimum absolute atomic E-state index is 0.277. The molecule has 0 fully saturated rings. The predicted molar refractivity (Wildman–Crippen MR) is 153 cm³/mol. The summed E-state index contributed by atoms with van der Waals surface area (Å²) in [5.74, 6) is 0. The van der Waals surface area contributed by atoms with E-state index in [1.54, 1.807) is 36.4 Å². The van der Waals surface area contributed by atoms with Crippen LogP contribution >= 0.6 is 0 Å². The van der Waals surface area contributed by atoms with E-state index in [-0.39, 0.29) is 4.90 Å². The van der Waals surface area contributed by atoms with Crippen LogP contribution < -0.4 is 0 Å². The van der Waals surface area contributed by atoms with Crippen molar-refractivity contribution in [3.8, 4) is 33.4 Å². The van der Waals surface area contributed by atoms with E-state index in [9.17, 15) is 8.42 Å². The van der Waals surface area contributed by atoms with Gasteiger partial charge in [-0.3, -0.25) is 0 Å². The van der Waals surface area contributed by atoms with Gasteiger partial charge in [0.1, 0.15) is 11.2 Å². The van der Waals surface area contributed by atoms with Gasteiger partial charge in [0.25, 0.3) is 0 Å². The Morgan fingerprint density at radius 2 is 1.18 bits per heavy atom. The molecule has 0 N–H and O–H groups in total. The molecule has 0 amide bonds. The average Bonchev–Trinajstić information content (AvgIpc) is 3.49. The Bertz CT molecular complexity index is 2170. The third-order valence-electron chi connectivity index (χ3n) is 7.64. The zero-order chi connectivity index (χ0) is 25.4. The summed E-state index contributed by atoms with van der Waals surface area (Å²) < 4.78 is 32.9. The summed E-state index contributed by atoms with van der Waals surface area (Å²) >= 11 is 0. The lowest BCUT2D eigenvalue weighted by Crippen LogP contribution is -2.01. The average molecular weight is 509 g/mol. The highest BCUT2D eigenvalue weighted by Gasteiger charge is 2.28. The van der Waals surface area contributed by atoms with Crippen molar-refractivity contribution in [2.45, 2.75) is 9.79 Å². The molecule has 180 valence electrons. The fourth-order valence-corrected chi connectivity index (χ4v) is 7.26. The van der Waals surface area contributed by atoms with Crippen molar-refractivity contribution in [3.05, 3.63) is 121 Å². The highest BCUT2D eigenvalue weighted by Crippen LogP contribution is 2.54. The monoisotopic (exact) mass is 508 g/mol. The van der Waals surface area contributed by atoms with Gasteiger partial charge >= 0.3 is 0 Å². The quantitative estimate of drug-likeness (QED) is 0.239. The molecule has 38 heavy (non-hydrogen) atoms. The van der Waals surface area contributed by atoms with Crippen molar-refractivity contribution in [1.29, 1.82) is 0 Å². The molecule has 6 aromatic carbocycles. The Morgan fingerprint density at radius 3 is 1.97 bits per heavy atom. The molecule has 0 unspecified atom stereocenters. The highest BCUT2D eigenvalue weighted by atomic mass is 32.2. The zero-order valence-electron chi connectivity index (χ0n) is 20.2.